The molecule has 0 atom stereocenters. The Morgan fingerprint density at radius 1 is 1.16 bits per heavy atom. The lowest BCUT2D eigenvalue weighted by molar-refractivity contribution is 0.186. The van der Waals surface area contributed by atoms with E-state index in [2.05, 4.69) is 42.2 Å². The molecule has 5 nitrogen and oxygen atoms in total. The molecule has 0 aliphatic carbocycles. The largest absolute Gasteiger partial charge is 0.383 e. The van der Waals surface area contributed by atoms with E-state index in [-0.39, 0.29) is 0 Å². The van der Waals surface area contributed by atoms with Crippen molar-refractivity contribution in [1.29, 1.82) is 0 Å². The molecular formula is C14H20N4O. The first-order valence-corrected chi connectivity index (χ1v) is 6.35. The van der Waals surface area contributed by atoms with Crippen LogP contribution in [0.5, 0.6) is 0 Å². The predicted molar refractivity (Wildman–Crippen MR) is 74.7 cm³/mol. The van der Waals surface area contributed by atoms with Crippen LogP contribution in [0.15, 0.2) is 18.2 Å². The fourth-order valence-corrected chi connectivity index (χ4v) is 2.22. The Hall–Kier alpha value is -1.72. The molecule has 0 saturated heterocycles. The number of rotatable bonds is 5. The van der Waals surface area contributed by atoms with Gasteiger partial charge in [0.25, 0.3) is 0 Å². The van der Waals surface area contributed by atoms with Crippen molar-refractivity contribution in [3.05, 3.63) is 35.2 Å². The molecule has 0 fully saturated rings. The Labute approximate surface area is 113 Å². The SMILES string of the molecule is COCCn1c(CN)nnc1-c1cc(C)cc(C)c1. The van der Waals surface area contributed by atoms with Gasteiger partial charge in [-0.2, -0.15) is 0 Å². The summed E-state index contributed by atoms with van der Waals surface area (Å²) in [5.41, 5.74) is 9.21. The third kappa shape index (κ3) is 3.00. The first kappa shape index (κ1) is 13.7. The number of ether oxygens (including phenoxy) is 1. The molecule has 0 aliphatic heterocycles. The molecule has 0 spiro atoms. The molecule has 19 heavy (non-hydrogen) atoms. The minimum Gasteiger partial charge on any atom is -0.383 e. The maximum Gasteiger partial charge on any atom is 0.164 e. The first-order valence-electron chi connectivity index (χ1n) is 6.35. The molecule has 0 unspecified atom stereocenters. The van der Waals surface area contributed by atoms with E-state index in [9.17, 15) is 0 Å². The highest BCUT2D eigenvalue weighted by atomic mass is 16.5. The number of nitrogens with two attached hydrogens (primary N) is 1. The number of methoxy groups -OCH3 is 1. The van der Waals surface area contributed by atoms with Gasteiger partial charge in [0, 0.05) is 19.2 Å². The van der Waals surface area contributed by atoms with Crippen molar-refractivity contribution in [2.75, 3.05) is 13.7 Å². The molecule has 0 radical (unpaired) electrons. The molecule has 1 aromatic heterocycles. The van der Waals surface area contributed by atoms with E-state index < -0.39 is 0 Å². The van der Waals surface area contributed by atoms with E-state index in [1.54, 1.807) is 7.11 Å². The van der Waals surface area contributed by atoms with Crippen molar-refractivity contribution in [3.63, 3.8) is 0 Å². The Morgan fingerprint density at radius 2 is 1.84 bits per heavy atom. The van der Waals surface area contributed by atoms with E-state index in [0.717, 1.165) is 17.2 Å². The Balaban J connectivity index is 2.45. The zero-order chi connectivity index (χ0) is 13.8. The highest BCUT2D eigenvalue weighted by molar-refractivity contribution is 5.58. The minimum atomic E-state index is 0.377. The summed E-state index contributed by atoms with van der Waals surface area (Å²) >= 11 is 0. The summed E-state index contributed by atoms with van der Waals surface area (Å²) in [7, 11) is 1.68. The van der Waals surface area contributed by atoms with Gasteiger partial charge in [0.15, 0.2) is 5.82 Å². The van der Waals surface area contributed by atoms with Crippen LogP contribution in [0.2, 0.25) is 0 Å². The smallest absolute Gasteiger partial charge is 0.164 e. The monoisotopic (exact) mass is 260 g/mol. The Bertz CT molecular complexity index is 542. The highest BCUT2D eigenvalue weighted by Crippen LogP contribution is 2.21. The quantitative estimate of drug-likeness (QED) is 0.888. The summed E-state index contributed by atoms with van der Waals surface area (Å²) in [6.07, 6.45) is 0. The number of aromatic nitrogens is 3. The summed E-state index contributed by atoms with van der Waals surface area (Å²) in [4.78, 5) is 0. The summed E-state index contributed by atoms with van der Waals surface area (Å²) in [6, 6.07) is 6.37. The van der Waals surface area contributed by atoms with Crippen LogP contribution in [0.25, 0.3) is 11.4 Å². The molecule has 1 aromatic carbocycles. The second kappa shape index (κ2) is 5.95. The summed E-state index contributed by atoms with van der Waals surface area (Å²) in [6.45, 7) is 5.86. The van der Waals surface area contributed by atoms with Gasteiger partial charge in [-0.05, 0) is 26.0 Å². The van der Waals surface area contributed by atoms with E-state index in [1.165, 1.54) is 11.1 Å². The molecule has 0 aliphatic rings. The van der Waals surface area contributed by atoms with Crippen LogP contribution >= 0.6 is 0 Å². The van der Waals surface area contributed by atoms with Crippen molar-refractivity contribution < 1.29 is 4.74 Å². The van der Waals surface area contributed by atoms with Crippen LogP contribution in [0.1, 0.15) is 17.0 Å². The van der Waals surface area contributed by atoms with E-state index in [0.29, 0.717) is 19.7 Å². The van der Waals surface area contributed by atoms with Crippen LogP contribution in [0, 0.1) is 13.8 Å². The molecule has 2 rings (SSSR count). The van der Waals surface area contributed by atoms with Gasteiger partial charge in [-0.15, -0.1) is 10.2 Å². The lowest BCUT2D eigenvalue weighted by atomic mass is 10.1. The van der Waals surface area contributed by atoms with Gasteiger partial charge in [-0.1, -0.05) is 17.2 Å². The second-order valence-corrected chi connectivity index (χ2v) is 4.66. The maximum absolute atomic E-state index is 5.71. The average molecular weight is 260 g/mol. The maximum atomic E-state index is 5.71. The van der Waals surface area contributed by atoms with Gasteiger partial charge in [0.05, 0.1) is 13.2 Å². The lowest BCUT2D eigenvalue weighted by Gasteiger charge is -2.10. The van der Waals surface area contributed by atoms with Crippen LogP contribution in [0.4, 0.5) is 0 Å². The molecule has 102 valence electrons. The number of aryl methyl sites for hydroxylation is 2. The van der Waals surface area contributed by atoms with Crippen molar-refractivity contribution in [3.8, 4) is 11.4 Å². The van der Waals surface area contributed by atoms with Crippen molar-refractivity contribution in [1.82, 2.24) is 14.8 Å². The Morgan fingerprint density at radius 3 is 2.42 bits per heavy atom. The molecular weight excluding hydrogens is 240 g/mol. The van der Waals surface area contributed by atoms with Gasteiger partial charge >= 0.3 is 0 Å². The Kier molecular flexibility index (Phi) is 4.29. The number of hydrogen-bond donors (Lipinski definition) is 1. The normalized spacial score (nSPS) is 10.9. The second-order valence-electron chi connectivity index (χ2n) is 4.66. The lowest BCUT2D eigenvalue weighted by Crippen LogP contribution is -2.12. The third-order valence-corrected chi connectivity index (χ3v) is 3.01. The number of benzene rings is 1. The minimum absolute atomic E-state index is 0.377. The summed E-state index contributed by atoms with van der Waals surface area (Å²) < 4.78 is 7.16. The van der Waals surface area contributed by atoms with Gasteiger partial charge in [-0.3, -0.25) is 0 Å². The molecule has 5 heteroatoms. The van der Waals surface area contributed by atoms with Gasteiger partial charge in [0.1, 0.15) is 5.82 Å². The number of hydrogen-bond acceptors (Lipinski definition) is 4. The van der Waals surface area contributed by atoms with Crippen LogP contribution in [-0.2, 0) is 17.8 Å². The van der Waals surface area contributed by atoms with Crippen LogP contribution in [0.3, 0.4) is 0 Å². The van der Waals surface area contributed by atoms with Crippen molar-refractivity contribution in [2.45, 2.75) is 26.9 Å². The van der Waals surface area contributed by atoms with Gasteiger partial charge in [0.2, 0.25) is 0 Å². The van der Waals surface area contributed by atoms with Crippen LogP contribution in [-0.4, -0.2) is 28.5 Å². The third-order valence-electron chi connectivity index (χ3n) is 3.01. The van der Waals surface area contributed by atoms with Crippen molar-refractivity contribution >= 4 is 0 Å². The molecule has 0 amide bonds. The molecule has 1 heterocycles. The fourth-order valence-electron chi connectivity index (χ4n) is 2.22. The zero-order valence-corrected chi connectivity index (χ0v) is 11.7. The standard InChI is InChI=1S/C14H20N4O/c1-10-6-11(2)8-12(7-10)14-17-16-13(9-15)18(14)4-5-19-3/h6-8H,4-5,9,15H2,1-3H3. The predicted octanol–water partition coefficient (Wildman–Crippen LogP) is 1.67. The average Bonchev–Trinajstić information content (AvgIpc) is 2.77. The van der Waals surface area contributed by atoms with Gasteiger partial charge < -0.3 is 15.0 Å². The molecule has 0 bridgehead atoms. The van der Waals surface area contributed by atoms with E-state index >= 15 is 0 Å². The topological polar surface area (TPSA) is 66.0 Å². The van der Waals surface area contributed by atoms with Gasteiger partial charge in [-0.25, -0.2) is 0 Å². The first-order chi connectivity index (χ1) is 9.15. The summed E-state index contributed by atoms with van der Waals surface area (Å²) in [5, 5.41) is 8.43. The van der Waals surface area contributed by atoms with E-state index in [1.807, 2.05) is 4.57 Å². The molecule has 0 saturated carbocycles. The van der Waals surface area contributed by atoms with E-state index in [4.69, 9.17) is 10.5 Å². The van der Waals surface area contributed by atoms with Crippen LogP contribution < -0.4 is 5.73 Å². The van der Waals surface area contributed by atoms with Crippen molar-refractivity contribution in [2.24, 2.45) is 5.73 Å². The highest BCUT2D eigenvalue weighted by Gasteiger charge is 2.13. The summed E-state index contributed by atoms with van der Waals surface area (Å²) in [5.74, 6) is 1.63. The number of nitrogens with zero attached hydrogens (tertiary/aromatic N) is 3. The molecule has 2 N–H and O–H groups in total. The zero-order valence-electron chi connectivity index (χ0n) is 11.7. The fraction of sp³-hybridized carbons (Fsp3) is 0.429. The molecule has 2 aromatic rings.